The standard InChI is InChI=1S/C15H28N2O2/c1-15(2,14(18)19)7-5-8-16-11-6-13(12-16)17-9-3-4-10-17/h13H,3-12H2,1-2H3,(H,18,19). The first-order chi connectivity index (χ1) is 8.99. The van der Waals surface area contributed by atoms with E-state index in [0.29, 0.717) is 0 Å². The number of carbonyl (C=O) groups is 1. The summed E-state index contributed by atoms with van der Waals surface area (Å²) in [4.78, 5) is 16.2. The van der Waals surface area contributed by atoms with Crippen LogP contribution < -0.4 is 0 Å². The largest absolute Gasteiger partial charge is 0.481 e. The summed E-state index contributed by atoms with van der Waals surface area (Å²) in [6, 6.07) is 0.759. The van der Waals surface area contributed by atoms with E-state index in [0.717, 1.165) is 25.4 Å². The van der Waals surface area contributed by atoms with Crippen LogP contribution in [-0.2, 0) is 4.79 Å². The van der Waals surface area contributed by atoms with Crippen LogP contribution in [0.4, 0.5) is 0 Å². The third-order valence-electron chi connectivity index (χ3n) is 4.76. The van der Waals surface area contributed by atoms with Gasteiger partial charge in [0.1, 0.15) is 0 Å². The Morgan fingerprint density at radius 3 is 2.58 bits per heavy atom. The van der Waals surface area contributed by atoms with E-state index in [-0.39, 0.29) is 0 Å². The Morgan fingerprint density at radius 2 is 1.95 bits per heavy atom. The minimum atomic E-state index is -0.677. The van der Waals surface area contributed by atoms with Crippen molar-refractivity contribution in [3.05, 3.63) is 0 Å². The van der Waals surface area contributed by atoms with Crippen LogP contribution in [0.25, 0.3) is 0 Å². The minimum absolute atomic E-state index is 0.575. The molecule has 110 valence electrons. The quantitative estimate of drug-likeness (QED) is 0.800. The van der Waals surface area contributed by atoms with Gasteiger partial charge < -0.3 is 10.0 Å². The molecule has 4 heteroatoms. The van der Waals surface area contributed by atoms with Gasteiger partial charge in [-0.1, -0.05) is 0 Å². The second kappa shape index (κ2) is 6.23. The summed E-state index contributed by atoms with van der Waals surface area (Å²) in [6.07, 6.45) is 5.79. The molecule has 2 aliphatic rings. The van der Waals surface area contributed by atoms with Gasteiger partial charge in [0.25, 0.3) is 0 Å². The summed E-state index contributed by atoms with van der Waals surface area (Å²) in [7, 11) is 0. The molecule has 0 aliphatic carbocycles. The van der Waals surface area contributed by atoms with Gasteiger partial charge in [0.05, 0.1) is 5.41 Å². The van der Waals surface area contributed by atoms with Crippen molar-refractivity contribution in [2.24, 2.45) is 5.41 Å². The highest BCUT2D eigenvalue weighted by molar-refractivity contribution is 5.73. The van der Waals surface area contributed by atoms with E-state index < -0.39 is 11.4 Å². The Labute approximate surface area is 116 Å². The lowest BCUT2D eigenvalue weighted by molar-refractivity contribution is -0.147. The van der Waals surface area contributed by atoms with E-state index in [1.807, 2.05) is 13.8 Å². The topological polar surface area (TPSA) is 43.8 Å². The summed E-state index contributed by atoms with van der Waals surface area (Å²) < 4.78 is 0. The molecule has 2 saturated heterocycles. The van der Waals surface area contributed by atoms with Crippen molar-refractivity contribution in [1.29, 1.82) is 0 Å². The summed E-state index contributed by atoms with van der Waals surface area (Å²) in [6.45, 7) is 9.65. The summed E-state index contributed by atoms with van der Waals surface area (Å²) in [5.74, 6) is -0.677. The first-order valence-electron chi connectivity index (χ1n) is 7.69. The van der Waals surface area contributed by atoms with Crippen molar-refractivity contribution >= 4 is 5.97 Å². The number of likely N-dealkylation sites (tertiary alicyclic amines) is 2. The fourth-order valence-corrected chi connectivity index (χ4v) is 3.27. The maximum absolute atomic E-state index is 11.1. The Hall–Kier alpha value is -0.610. The Balaban J connectivity index is 1.66. The van der Waals surface area contributed by atoms with Gasteiger partial charge in [-0.05, 0) is 72.1 Å². The average Bonchev–Trinajstić information content (AvgIpc) is 2.98. The highest BCUT2D eigenvalue weighted by Gasteiger charge is 2.30. The second-order valence-corrected chi connectivity index (χ2v) is 6.78. The highest BCUT2D eigenvalue weighted by atomic mass is 16.4. The van der Waals surface area contributed by atoms with E-state index in [9.17, 15) is 4.79 Å². The molecule has 0 bridgehead atoms. The van der Waals surface area contributed by atoms with Crippen LogP contribution in [-0.4, -0.2) is 59.6 Å². The van der Waals surface area contributed by atoms with Crippen LogP contribution in [0, 0.1) is 5.41 Å². The normalized spacial score (nSPS) is 26.1. The molecule has 0 aromatic carbocycles. The highest BCUT2D eigenvalue weighted by Crippen LogP contribution is 2.24. The van der Waals surface area contributed by atoms with Crippen molar-refractivity contribution in [3.63, 3.8) is 0 Å². The zero-order chi connectivity index (χ0) is 13.9. The molecule has 1 unspecified atom stereocenters. The van der Waals surface area contributed by atoms with Crippen molar-refractivity contribution < 1.29 is 9.90 Å². The molecule has 0 radical (unpaired) electrons. The summed E-state index contributed by atoms with van der Waals surface area (Å²) in [5, 5.41) is 9.10. The third-order valence-corrected chi connectivity index (χ3v) is 4.76. The van der Waals surface area contributed by atoms with Crippen LogP contribution in [0.1, 0.15) is 46.0 Å². The fraction of sp³-hybridized carbons (Fsp3) is 0.933. The van der Waals surface area contributed by atoms with Gasteiger partial charge in [0.15, 0.2) is 0 Å². The molecular weight excluding hydrogens is 240 g/mol. The number of carboxylic acids is 1. The lowest BCUT2D eigenvalue weighted by atomic mass is 9.88. The lowest BCUT2D eigenvalue weighted by Crippen LogP contribution is -2.35. The molecule has 0 aromatic heterocycles. The average molecular weight is 268 g/mol. The molecule has 2 heterocycles. The molecule has 19 heavy (non-hydrogen) atoms. The summed E-state index contributed by atoms with van der Waals surface area (Å²) in [5.41, 5.74) is -0.575. The zero-order valence-corrected chi connectivity index (χ0v) is 12.4. The van der Waals surface area contributed by atoms with Gasteiger partial charge in [0.2, 0.25) is 0 Å². The number of rotatable bonds is 6. The fourth-order valence-electron chi connectivity index (χ4n) is 3.27. The molecule has 0 saturated carbocycles. The first-order valence-corrected chi connectivity index (χ1v) is 7.69. The predicted molar refractivity (Wildman–Crippen MR) is 76.3 cm³/mol. The van der Waals surface area contributed by atoms with Gasteiger partial charge in [-0.15, -0.1) is 0 Å². The number of hydrogen-bond donors (Lipinski definition) is 1. The van der Waals surface area contributed by atoms with Gasteiger partial charge in [0, 0.05) is 12.6 Å². The molecule has 2 aliphatic heterocycles. The van der Waals surface area contributed by atoms with Crippen molar-refractivity contribution in [2.75, 3.05) is 32.7 Å². The summed E-state index contributed by atoms with van der Waals surface area (Å²) >= 11 is 0. The molecular formula is C15H28N2O2. The minimum Gasteiger partial charge on any atom is -0.481 e. The first kappa shape index (κ1) is 14.8. The van der Waals surface area contributed by atoms with E-state index in [2.05, 4.69) is 9.80 Å². The van der Waals surface area contributed by atoms with E-state index in [4.69, 9.17) is 5.11 Å². The number of aliphatic carboxylic acids is 1. The van der Waals surface area contributed by atoms with E-state index in [1.165, 1.54) is 45.4 Å². The van der Waals surface area contributed by atoms with Crippen LogP contribution in [0.15, 0.2) is 0 Å². The maximum Gasteiger partial charge on any atom is 0.309 e. The maximum atomic E-state index is 11.1. The monoisotopic (exact) mass is 268 g/mol. The number of hydrogen-bond acceptors (Lipinski definition) is 3. The molecule has 2 fully saturated rings. The number of nitrogens with zero attached hydrogens (tertiary/aromatic N) is 2. The van der Waals surface area contributed by atoms with Crippen molar-refractivity contribution in [1.82, 2.24) is 9.80 Å². The molecule has 2 rings (SSSR count). The van der Waals surface area contributed by atoms with E-state index >= 15 is 0 Å². The molecule has 0 spiro atoms. The van der Waals surface area contributed by atoms with Crippen LogP contribution in [0.3, 0.4) is 0 Å². The predicted octanol–water partition coefficient (Wildman–Crippen LogP) is 2.05. The van der Waals surface area contributed by atoms with E-state index in [1.54, 1.807) is 0 Å². The Kier molecular flexibility index (Phi) is 4.85. The molecule has 0 amide bonds. The molecule has 1 N–H and O–H groups in total. The Bertz CT molecular complexity index is 311. The van der Waals surface area contributed by atoms with Crippen molar-refractivity contribution in [2.45, 2.75) is 52.0 Å². The number of carboxylic acid groups (broad SMARTS) is 1. The zero-order valence-electron chi connectivity index (χ0n) is 12.4. The van der Waals surface area contributed by atoms with Crippen LogP contribution >= 0.6 is 0 Å². The van der Waals surface area contributed by atoms with Gasteiger partial charge in [-0.25, -0.2) is 0 Å². The van der Waals surface area contributed by atoms with Gasteiger partial charge >= 0.3 is 5.97 Å². The smallest absolute Gasteiger partial charge is 0.309 e. The molecule has 4 nitrogen and oxygen atoms in total. The Morgan fingerprint density at radius 1 is 1.26 bits per heavy atom. The van der Waals surface area contributed by atoms with Crippen LogP contribution in [0.2, 0.25) is 0 Å². The van der Waals surface area contributed by atoms with Crippen molar-refractivity contribution in [3.8, 4) is 0 Å². The second-order valence-electron chi connectivity index (χ2n) is 6.78. The third kappa shape index (κ3) is 3.93. The SMILES string of the molecule is CC(C)(CCCN1CCC(N2CCCC2)C1)C(=O)O. The van der Waals surface area contributed by atoms with Gasteiger partial charge in [-0.2, -0.15) is 0 Å². The molecule has 0 aromatic rings. The lowest BCUT2D eigenvalue weighted by Gasteiger charge is -2.24. The van der Waals surface area contributed by atoms with Crippen LogP contribution in [0.5, 0.6) is 0 Å². The van der Waals surface area contributed by atoms with Gasteiger partial charge in [-0.3, -0.25) is 9.69 Å². The molecule has 1 atom stereocenters.